The number of halogens is 1. The van der Waals surface area contributed by atoms with Gasteiger partial charge in [0.05, 0.1) is 34.6 Å². The third-order valence-corrected chi connectivity index (χ3v) is 7.08. The topological polar surface area (TPSA) is 73.1 Å². The summed E-state index contributed by atoms with van der Waals surface area (Å²) in [4.78, 5) is 34.1. The lowest BCUT2D eigenvalue weighted by molar-refractivity contribution is -0.139. The summed E-state index contributed by atoms with van der Waals surface area (Å²) in [6.07, 6.45) is 1.72. The third kappa shape index (κ3) is 5.50. The molecular weight excluding hydrogens is 510 g/mol. The van der Waals surface area contributed by atoms with Gasteiger partial charge in [-0.3, -0.25) is 9.36 Å². The Morgan fingerprint density at radius 2 is 1.92 bits per heavy atom. The number of ether oxygens (including phenoxy) is 2. The summed E-state index contributed by atoms with van der Waals surface area (Å²) in [7, 11) is 3.92. The Morgan fingerprint density at radius 1 is 1.22 bits per heavy atom. The molecule has 1 aliphatic heterocycles. The molecule has 4 rings (SSSR count). The molecule has 0 amide bonds. The highest BCUT2D eigenvalue weighted by Gasteiger charge is 2.33. The first kappa shape index (κ1) is 26.7. The van der Waals surface area contributed by atoms with Crippen LogP contribution < -0.4 is 24.5 Å². The zero-order valence-corrected chi connectivity index (χ0v) is 23.3. The van der Waals surface area contributed by atoms with Crippen molar-refractivity contribution >= 4 is 40.7 Å². The maximum atomic E-state index is 13.9. The first-order chi connectivity index (χ1) is 17.6. The largest absolute Gasteiger partial charge is 0.490 e. The van der Waals surface area contributed by atoms with E-state index in [2.05, 4.69) is 4.99 Å². The van der Waals surface area contributed by atoms with Crippen LogP contribution in [0, 0.1) is 0 Å². The molecule has 1 atom stereocenters. The Hall–Kier alpha value is -3.36. The lowest BCUT2D eigenvalue weighted by Gasteiger charge is -2.25. The van der Waals surface area contributed by atoms with Gasteiger partial charge in [0.1, 0.15) is 5.75 Å². The van der Waals surface area contributed by atoms with Gasteiger partial charge in [-0.25, -0.2) is 9.79 Å². The van der Waals surface area contributed by atoms with Gasteiger partial charge in [0.2, 0.25) is 0 Å². The molecular formula is C28H30ClN3O4S. The van der Waals surface area contributed by atoms with Crippen LogP contribution in [0.4, 0.5) is 5.69 Å². The van der Waals surface area contributed by atoms with E-state index in [1.54, 1.807) is 42.7 Å². The Bertz CT molecular complexity index is 1530. The van der Waals surface area contributed by atoms with Crippen molar-refractivity contribution in [2.75, 3.05) is 25.6 Å². The predicted octanol–water partition coefficient (Wildman–Crippen LogP) is 4.30. The minimum atomic E-state index is -0.667. The fourth-order valence-electron chi connectivity index (χ4n) is 4.20. The monoisotopic (exact) mass is 539 g/mol. The summed E-state index contributed by atoms with van der Waals surface area (Å²) < 4.78 is 13.3. The number of hydrogen-bond acceptors (Lipinski definition) is 7. The Balaban J connectivity index is 1.94. The van der Waals surface area contributed by atoms with Crippen molar-refractivity contribution in [1.29, 1.82) is 0 Å². The molecule has 2 aromatic carbocycles. The van der Waals surface area contributed by atoms with Gasteiger partial charge < -0.3 is 14.4 Å². The van der Waals surface area contributed by atoms with E-state index < -0.39 is 12.0 Å². The van der Waals surface area contributed by atoms with E-state index in [1.807, 2.05) is 57.1 Å². The number of benzene rings is 2. The highest BCUT2D eigenvalue weighted by atomic mass is 35.5. The average Bonchev–Trinajstić information content (AvgIpc) is 3.14. The van der Waals surface area contributed by atoms with Crippen LogP contribution in [-0.2, 0) is 9.53 Å². The molecule has 0 spiro atoms. The Labute approximate surface area is 224 Å². The van der Waals surface area contributed by atoms with Crippen molar-refractivity contribution < 1.29 is 14.3 Å². The van der Waals surface area contributed by atoms with Crippen LogP contribution in [-0.4, -0.2) is 37.3 Å². The minimum absolute atomic E-state index is 0.0468. The molecule has 0 unspecified atom stereocenters. The number of carbonyl (C=O) groups is 1. The first-order valence-corrected chi connectivity index (χ1v) is 13.2. The van der Waals surface area contributed by atoms with Crippen LogP contribution in [0.15, 0.2) is 63.5 Å². The van der Waals surface area contributed by atoms with E-state index >= 15 is 0 Å². The van der Waals surface area contributed by atoms with Crippen molar-refractivity contribution in [2.24, 2.45) is 4.99 Å². The van der Waals surface area contributed by atoms with Crippen molar-refractivity contribution in [3.8, 4) is 5.75 Å². The smallest absolute Gasteiger partial charge is 0.338 e. The van der Waals surface area contributed by atoms with E-state index in [0.29, 0.717) is 36.9 Å². The summed E-state index contributed by atoms with van der Waals surface area (Å²) >= 11 is 7.53. The summed E-state index contributed by atoms with van der Waals surface area (Å²) in [6.45, 7) is 7.63. The molecule has 7 nitrogen and oxygen atoms in total. The molecule has 0 saturated carbocycles. The van der Waals surface area contributed by atoms with E-state index in [1.165, 1.54) is 11.3 Å². The standard InChI is InChI=1S/C28H30ClN3O4S/c1-7-35-27(34)24-17(4)30-28-32(25(24)18-8-11-21(12-9-18)31(5)6)26(33)23(37-28)15-19-14-20(29)10-13-22(19)36-16(2)3/h8-16,25H,7H2,1-6H3/b23-15+/t25-/m0/s1. The van der Waals surface area contributed by atoms with Crippen LogP contribution in [0.1, 0.15) is 44.9 Å². The number of aromatic nitrogens is 1. The second kappa shape index (κ2) is 10.9. The Kier molecular flexibility index (Phi) is 7.90. The molecule has 0 fully saturated rings. The number of allylic oxidation sites excluding steroid dienone is 1. The number of thiazole rings is 1. The van der Waals surface area contributed by atoms with Gasteiger partial charge in [0.15, 0.2) is 4.80 Å². The summed E-state index contributed by atoms with van der Waals surface area (Å²) in [5.41, 5.74) is 3.12. The lowest BCUT2D eigenvalue weighted by Crippen LogP contribution is -2.40. The van der Waals surface area contributed by atoms with Crippen molar-refractivity contribution in [1.82, 2.24) is 4.57 Å². The van der Waals surface area contributed by atoms with Gasteiger partial charge in [-0.1, -0.05) is 35.1 Å². The van der Waals surface area contributed by atoms with E-state index in [0.717, 1.165) is 11.3 Å². The number of anilines is 1. The van der Waals surface area contributed by atoms with E-state index in [9.17, 15) is 9.59 Å². The van der Waals surface area contributed by atoms with Crippen LogP contribution in [0.2, 0.25) is 5.02 Å². The zero-order valence-electron chi connectivity index (χ0n) is 21.7. The number of hydrogen-bond donors (Lipinski definition) is 0. The van der Waals surface area contributed by atoms with Crippen molar-refractivity contribution in [2.45, 2.75) is 39.8 Å². The maximum Gasteiger partial charge on any atom is 0.338 e. The molecule has 0 bridgehead atoms. The number of nitrogens with zero attached hydrogens (tertiary/aromatic N) is 3. The normalized spacial score (nSPS) is 15.5. The summed E-state index contributed by atoms with van der Waals surface area (Å²) in [6, 6.07) is 12.4. The van der Waals surface area contributed by atoms with Gasteiger partial charge >= 0.3 is 5.97 Å². The number of rotatable bonds is 7. The fourth-order valence-corrected chi connectivity index (χ4v) is 5.41. The highest BCUT2D eigenvalue weighted by molar-refractivity contribution is 7.07. The van der Waals surface area contributed by atoms with Crippen molar-refractivity contribution in [3.05, 3.63) is 89.6 Å². The minimum Gasteiger partial charge on any atom is -0.490 e. The second-order valence-corrected chi connectivity index (χ2v) is 10.6. The van der Waals surface area contributed by atoms with Gasteiger partial charge in [-0.15, -0.1) is 0 Å². The highest BCUT2D eigenvalue weighted by Crippen LogP contribution is 2.32. The van der Waals surface area contributed by atoms with E-state index in [-0.39, 0.29) is 18.3 Å². The van der Waals surface area contributed by atoms with Gasteiger partial charge in [-0.05, 0) is 69.7 Å². The van der Waals surface area contributed by atoms with Crippen molar-refractivity contribution in [3.63, 3.8) is 0 Å². The average molecular weight is 540 g/mol. The van der Waals surface area contributed by atoms with E-state index in [4.69, 9.17) is 21.1 Å². The fraction of sp³-hybridized carbons (Fsp3) is 0.321. The molecule has 3 aromatic rings. The molecule has 0 N–H and O–H groups in total. The molecule has 1 aromatic heterocycles. The van der Waals surface area contributed by atoms with Gasteiger partial charge in [0, 0.05) is 30.4 Å². The quantitative estimate of drug-likeness (QED) is 0.418. The van der Waals surface area contributed by atoms with Crippen LogP contribution in [0.3, 0.4) is 0 Å². The first-order valence-electron chi connectivity index (χ1n) is 12.0. The summed E-state index contributed by atoms with van der Waals surface area (Å²) in [5, 5.41) is 0.537. The molecule has 194 valence electrons. The number of esters is 1. The predicted molar refractivity (Wildman–Crippen MR) is 148 cm³/mol. The van der Waals surface area contributed by atoms with Crippen LogP contribution in [0.5, 0.6) is 5.75 Å². The third-order valence-electron chi connectivity index (χ3n) is 5.86. The Morgan fingerprint density at radius 3 is 2.54 bits per heavy atom. The molecule has 37 heavy (non-hydrogen) atoms. The SMILES string of the molecule is CCOC(=O)C1=C(C)N=c2s/c(=C/c3cc(Cl)ccc3OC(C)C)c(=O)n2[C@H]1c1ccc(N(C)C)cc1. The number of fused-ring (bicyclic) bond motifs is 1. The van der Waals surface area contributed by atoms with Crippen LogP contribution >= 0.6 is 22.9 Å². The molecule has 2 heterocycles. The number of carbonyl (C=O) groups excluding carboxylic acids is 1. The summed E-state index contributed by atoms with van der Waals surface area (Å²) in [5.74, 6) is 0.145. The lowest BCUT2D eigenvalue weighted by atomic mass is 9.95. The van der Waals surface area contributed by atoms with Crippen LogP contribution in [0.25, 0.3) is 6.08 Å². The second-order valence-electron chi connectivity index (χ2n) is 9.14. The molecule has 0 radical (unpaired) electrons. The molecule has 0 aliphatic carbocycles. The van der Waals surface area contributed by atoms with Gasteiger partial charge in [-0.2, -0.15) is 0 Å². The zero-order chi connectivity index (χ0) is 26.9. The maximum absolute atomic E-state index is 13.9. The molecule has 0 saturated heterocycles. The molecule has 9 heteroatoms. The molecule has 1 aliphatic rings. The van der Waals surface area contributed by atoms with Gasteiger partial charge in [0.25, 0.3) is 5.56 Å².